The lowest BCUT2D eigenvalue weighted by Gasteiger charge is -2.36. The van der Waals surface area contributed by atoms with Crippen molar-refractivity contribution in [2.24, 2.45) is 5.92 Å². The Kier molecular flexibility index (Phi) is 4.22. The SMILES string of the molecule is CC(C)CN1C[C@@H]2OCC(=O)N(Cc3cccnc3)[C@@H]2C1. The largest absolute Gasteiger partial charge is 0.365 e. The normalized spacial score (nSPS) is 26.4. The smallest absolute Gasteiger partial charge is 0.249 e. The van der Waals surface area contributed by atoms with Crippen LogP contribution in [0.3, 0.4) is 0 Å². The number of fused-ring (bicyclic) bond motifs is 1. The molecule has 3 rings (SSSR count). The molecule has 114 valence electrons. The van der Waals surface area contributed by atoms with E-state index in [2.05, 4.69) is 23.7 Å². The third kappa shape index (κ3) is 3.24. The molecule has 2 atom stereocenters. The quantitative estimate of drug-likeness (QED) is 0.834. The number of morpholine rings is 1. The molecule has 2 fully saturated rings. The fourth-order valence-electron chi connectivity index (χ4n) is 3.30. The van der Waals surface area contributed by atoms with E-state index in [0.717, 1.165) is 25.2 Å². The second-order valence-electron chi connectivity index (χ2n) is 6.41. The number of rotatable bonds is 4. The fourth-order valence-corrected chi connectivity index (χ4v) is 3.30. The van der Waals surface area contributed by atoms with E-state index in [9.17, 15) is 4.79 Å². The maximum absolute atomic E-state index is 12.2. The van der Waals surface area contributed by atoms with Crippen molar-refractivity contribution < 1.29 is 9.53 Å². The van der Waals surface area contributed by atoms with Crippen molar-refractivity contribution >= 4 is 5.91 Å². The van der Waals surface area contributed by atoms with E-state index in [1.807, 2.05) is 23.2 Å². The second kappa shape index (κ2) is 6.12. The van der Waals surface area contributed by atoms with Gasteiger partial charge in [-0.2, -0.15) is 0 Å². The average molecular weight is 289 g/mol. The number of hydrogen-bond donors (Lipinski definition) is 0. The molecule has 0 aliphatic carbocycles. The Bertz CT molecular complexity index is 492. The number of likely N-dealkylation sites (tertiary alicyclic amines) is 1. The molecule has 2 aliphatic heterocycles. The van der Waals surface area contributed by atoms with Crippen LogP contribution in [0, 0.1) is 5.92 Å². The van der Waals surface area contributed by atoms with Gasteiger partial charge in [-0.3, -0.25) is 14.7 Å². The van der Waals surface area contributed by atoms with E-state index >= 15 is 0 Å². The number of hydrogen-bond acceptors (Lipinski definition) is 4. The van der Waals surface area contributed by atoms with E-state index in [1.165, 1.54) is 0 Å². The van der Waals surface area contributed by atoms with Crippen molar-refractivity contribution in [2.75, 3.05) is 26.2 Å². The minimum atomic E-state index is 0.0894. The summed E-state index contributed by atoms with van der Waals surface area (Å²) in [6, 6.07) is 4.11. The van der Waals surface area contributed by atoms with Gasteiger partial charge in [0.2, 0.25) is 5.91 Å². The van der Waals surface area contributed by atoms with Crippen LogP contribution in [0.5, 0.6) is 0 Å². The van der Waals surface area contributed by atoms with Crippen molar-refractivity contribution in [1.29, 1.82) is 0 Å². The van der Waals surface area contributed by atoms with Gasteiger partial charge in [0.1, 0.15) is 6.61 Å². The first kappa shape index (κ1) is 14.5. The van der Waals surface area contributed by atoms with E-state index in [4.69, 9.17) is 4.74 Å². The summed E-state index contributed by atoms with van der Waals surface area (Å²) in [6.45, 7) is 8.19. The van der Waals surface area contributed by atoms with E-state index < -0.39 is 0 Å². The Morgan fingerprint density at radius 2 is 2.29 bits per heavy atom. The zero-order valence-corrected chi connectivity index (χ0v) is 12.7. The van der Waals surface area contributed by atoms with Crippen LogP contribution in [0.25, 0.3) is 0 Å². The molecule has 1 aromatic heterocycles. The number of carbonyl (C=O) groups is 1. The molecule has 0 spiro atoms. The Balaban J connectivity index is 1.71. The van der Waals surface area contributed by atoms with Gasteiger partial charge in [-0.05, 0) is 17.5 Å². The molecule has 21 heavy (non-hydrogen) atoms. The highest BCUT2D eigenvalue weighted by atomic mass is 16.5. The summed E-state index contributed by atoms with van der Waals surface area (Å²) in [6.07, 6.45) is 3.74. The van der Waals surface area contributed by atoms with Gasteiger partial charge < -0.3 is 9.64 Å². The van der Waals surface area contributed by atoms with Crippen LogP contribution >= 0.6 is 0 Å². The number of nitrogens with zero attached hydrogens (tertiary/aromatic N) is 3. The molecule has 0 bridgehead atoms. The molecule has 5 heteroatoms. The lowest BCUT2D eigenvalue weighted by atomic mass is 10.1. The zero-order valence-electron chi connectivity index (χ0n) is 12.7. The standard InChI is InChI=1S/C16H23N3O2/c1-12(2)7-18-9-14-15(10-18)21-11-16(20)19(14)8-13-4-3-5-17-6-13/h3-6,12,14-15H,7-11H2,1-2H3/t14-,15+/m1/s1. The van der Waals surface area contributed by atoms with Gasteiger partial charge in [-0.15, -0.1) is 0 Å². The molecular formula is C16H23N3O2. The third-order valence-electron chi connectivity index (χ3n) is 4.15. The Morgan fingerprint density at radius 1 is 1.43 bits per heavy atom. The molecule has 1 aromatic rings. The van der Waals surface area contributed by atoms with Crippen LogP contribution in [0.2, 0.25) is 0 Å². The van der Waals surface area contributed by atoms with Crippen molar-refractivity contribution in [3.63, 3.8) is 0 Å². The first-order chi connectivity index (χ1) is 10.1. The molecule has 0 saturated carbocycles. The average Bonchev–Trinajstić information content (AvgIpc) is 2.85. The first-order valence-electron chi connectivity index (χ1n) is 7.66. The number of aromatic nitrogens is 1. The number of carbonyl (C=O) groups excluding carboxylic acids is 1. The van der Waals surface area contributed by atoms with E-state index in [-0.39, 0.29) is 24.7 Å². The second-order valence-corrected chi connectivity index (χ2v) is 6.41. The van der Waals surface area contributed by atoms with Crippen molar-refractivity contribution in [3.05, 3.63) is 30.1 Å². The summed E-state index contributed by atoms with van der Waals surface area (Å²) < 4.78 is 5.75. The third-order valence-corrected chi connectivity index (χ3v) is 4.15. The number of ether oxygens (including phenoxy) is 1. The zero-order chi connectivity index (χ0) is 14.8. The Hall–Kier alpha value is -1.46. The highest BCUT2D eigenvalue weighted by molar-refractivity contribution is 5.78. The van der Waals surface area contributed by atoms with Crippen molar-refractivity contribution in [3.8, 4) is 0 Å². The molecule has 2 saturated heterocycles. The molecule has 0 N–H and O–H groups in total. The topological polar surface area (TPSA) is 45.7 Å². The predicted octanol–water partition coefficient (Wildman–Crippen LogP) is 1.15. The van der Waals surface area contributed by atoms with Crippen LogP contribution in [0.1, 0.15) is 19.4 Å². The first-order valence-corrected chi connectivity index (χ1v) is 7.66. The van der Waals surface area contributed by atoms with E-state index in [1.54, 1.807) is 6.20 Å². The molecule has 5 nitrogen and oxygen atoms in total. The summed E-state index contributed by atoms with van der Waals surface area (Å²) >= 11 is 0. The van der Waals surface area contributed by atoms with E-state index in [0.29, 0.717) is 12.5 Å². The Labute approximate surface area is 125 Å². The number of amides is 1. The molecule has 0 radical (unpaired) electrons. The lowest BCUT2D eigenvalue weighted by Crippen LogP contribution is -2.53. The highest BCUT2D eigenvalue weighted by Gasteiger charge is 2.42. The molecule has 3 heterocycles. The van der Waals surface area contributed by atoms with Crippen molar-refractivity contribution in [2.45, 2.75) is 32.5 Å². The van der Waals surface area contributed by atoms with Crippen molar-refractivity contribution in [1.82, 2.24) is 14.8 Å². The van der Waals surface area contributed by atoms with Gasteiger partial charge >= 0.3 is 0 Å². The molecule has 2 aliphatic rings. The van der Waals surface area contributed by atoms with Gasteiger partial charge in [-0.25, -0.2) is 0 Å². The summed E-state index contributed by atoms with van der Waals surface area (Å²) in [5, 5.41) is 0. The summed E-state index contributed by atoms with van der Waals surface area (Å²) in [7, 11) is 0. The molecule has 1 amide bonds. The van der Waals surface area contributed by atoms with Crippen LogP contribution in [0.15, 0.2) is 24.5 Å². The molecule has 0 unspecified atom stereocenters. The molecule has 0 aromatic carbocycles. The highest BCUT2D eigenvalue weighted by Crippen LogP contribution is 2.25. The predicted molar refractivity (Wildman–Crippen MR) is 79.6 cm³/mol. The van der Waals surface area contributed by atoms with Gasteiger partial charge in [0, 0.05) is 38.6 Å². The van der Waals surface area contributed by atoms with Crippen LogP contribution in [-0.2, 0) is 16.1 Å². The van der Waals surface area contributed by atoms with Crippen LogP contribution < -0.4 is 0 Å². The summed E-state index contributed by atoms with van der Waals surface area (Å²) in [5.74, 6) is 0.721. The summed E-state index contributed by atoms with van der Waals surface area (Å²) in [4.78, 5) is 20.8. The van der Waals surface area contributed by atoms with Gasteiger partial charge in [0.25, 0.3) is 0 Å². The maximum Gasteiger partial charge on any atom is 0.249 e. The Morgan fingerprint density at radius 3 is 3.00 bits per heavy atom. The minimum absolute atomic E-state index is 0.0894. The fraction of sp³-hybridized carbons (Fsp3) is 0.625. The van der Waals surface area contributed by atoms with Gasteiger partial charge in [0.05, 0.1) is 12.1 Å². The van der Waals surface area contributed by atoms with Gasteiger partial charge in [-0.1, -0.05) is 19.9 Å². The van der Waals surface area contributed by atoms with Crippen LogP contribution in [-0.4, -0.2) is 59.1 Å². The monoisotopic (exact) mass is 289 g/mol. The van der Waals surface area contributed by atoms with Crippen LogP contribution in [0.4, 0.5) is 0 Å². The maximum atomic E-state index is 12.2. The number of pyridine rings is 1. The molecular weight excluding hydrogens is 266 g/mol. The lowest BCUT2D eigenvalue weighted by molar-refractivity contribution is -0.153. The minimum Gasteiger partial charge on any atom is -0.365 e. The van der Waals surface area contributed by atoms with Gasteiger partial charge in [0.15, 0.2) is 0 Å². The summed E-state index contributed by atoms with van der Waals surface area (Å²) in [5.41, 5.74) is 1.08.